The van der Waals surface area contributed by atoms with Crippen molar-refractivity contribution in [3.8, 4) is 5.75 Å². The van der Waals surface area contributed by atoms with Gasteiger partial charge in [0.15, 0.2) is 6.61 Å². The number of benzene rings is 3. The first-order chi connectivity index (χ1) is 14.5. The fourth-order valence-corrected chi connectivity index (χ4v) is 4.52. The maximum Gasteiger partial charge on any atom is 0.341 e. The highest BCUT2D eigenvalue weighted by Crippen LogP contribution is 2.36. The molecule has 3 atom stereocenters. The predicted octanol–water partition coefficient (Wildman–Crippen LogP) is 5.43. The van der Waals surface area contributed by atoms with E-state index in [1.165, 1.54) is 5.56 Å². The van der Waals surface area contributed by atoms with Crippen LogP contribution >= 0.6 is 0 Å². The number of nitrogens with one attached hydrogen (secondary N) is 1. The molecule has 0 heterocycles. The number of rotatable bonds is 7. The first kappa shape index (κ1) is 20.4. The van der Waals surface area contributed by atoms with Gasteiger partial charge in [0.25, 0.3) is 0 Å². The lowest BCUT2D eigenvalue weighted by Gasteiger charge is -2.22. The molecule has 2 N–H and O–H groups in total. The quantitative estimate of drug-likeness (QED) is 0.548. The lowest BCUT2D eigenvalue weighted by molar-refractivity contribution is -0.139. The third-order valence-electron chi connectivity index (χ3n) is 6.00. The van der Waals surface area contributed by atoms with E-state index in [0.29, 0.717) is 23.1 Å². The second-order valence-electron chi connectivity index (χ2n) is 8.03. The van der Waals surface area contributed by atoms with Crippen molar-refractivity contribution in [2.24, 2.45) is 0 Å². The van der Waals surface area contributed by atoms with Gasteiger partial charge in [-0.25, -0.2) is 9.18 Å². The van der Waals surface area contributed by atoms with Gasteiger partial charge in [0, 0.05) is 17.5 Å². The Morgan fingerprint density at radius 3 is 2.57 bits per heavy atom. The predicted molar refractivity (Wildman–Crippen MR) is 115 cm³/mol. The molecule has 1 aliphatic carbocycles. The van der Waals surface area contributed by atoms with Crippen molar-refractivity contribution in [1.82, 2.24) is 5.32 Å². The summed E-state index contributed by atoms with van der Waals surface area (Å²) < 4.78 is 19.3. The number of hydrogen-bond donors (Lipinski definition) is 2. The normalized spacial score (nSPS) is 19.7. The average molecular weight is 407 g/mol. The van der Waals surface area contributed by atoms with Crippen molar-refractivity contribution in [3.05, 3.63) is 77.6 Å². The largest absolute Gasteiger partial charge is 0.482 e. The molecule has 0 aromatic heterocycles. The Labute approximate surface area is 175 Å². The van der Waals surface area contributed by atoms with Gasteiger partial charge in [-0.2, -0.15) is 0 Å². The zero-order chi connectivity index (χ0) is 21.1. The molecule has 0 bridgehead atoms. The van der Waals surface area contributed by atoms with E-state index in [1.807, 2.05) is 54.6 Å². The topological polar surface area (TPSA) is 58.6 Å². The third kappa shape index (κ3) is 4.46. The summed E-state index contributed by atoms with van der Waals surface area (Å²) in [5.41, 5.74) is 2.37. The molecule has 0 aliphatic heterocycles. The molecular weight excluding hydrogens is 381 g/mol. The molecule has 4 nitrogen and oxygen atoms in total. The van der Waals surface area contributed by atoms with E-state index in [2.05, 4.69) is 12.2 Å². The van der Waals surface area contributed by atoms with Gasteiger partial charge in [-0.3, -0.25) is 0 Å². The maximum atomic E-state index is 14.1. The number of carboxylic acids is 1. The van der Waals surface area contributed by atoms with Gasteiger partial charge >= 0.3 is 5.97 Å². The number of fused-ring (bicyclic) bond motifs is 1. The summed E-state index contributed by atoms with van der Waals surface area (Å²) in [6.45, 7) is 1.81. The fourth-order valence-electron chi connectivity index (χ4n) is 4.52. The second kappa shape index (κ2) is 8.84. The Balaban J connectivity index is 1.39. The highest BCUT2D eigenvalue weighted by atomic mass is 19.1. The summed E-state index contributed by atoms with van der Waals surface area (Å²) >= 11 is 0. The second-order valence-corrected chi connectivity index (χ2v) is 8.03. The van der Waals surface area contributed by atoms with Crippen molar-refractivity contribution < 1.29 is 19.0 Å². The average Bonchev–Trinajstić information content (AvgIpc) is 3.21. The molecule has 1 fully saturated rings. The SMILES string of the molecule is C[C@@H](N[C@H]1CC[C@H](c2ccc(OCC(=O)O)cc2)C1)c1ccc(F)c2ccccc12. The zero-order valence-corrected chi connectivity index (χ0v) is 17.0. The number of carboxylic acid groups (broad SMARTS) is 1. The minimum absolute atomic E-state index is 0.131. The summed E-state index contributed by atoms with van der Waals surface area (Å²) in [4.78, 5) is 10.6. The maximum absolute atomic E-state index is 14.1. The number of hydrogen-bond acceptors (Lipinski definition) is 3. The number of halogens is 1. The Bertz CT molecular complexity index is 1030. The van der Waals surface area contributed by atoms with E-state index >= 15 is 0 Å². The Morgan fingerprint density at radius 2 is 1.83 bits per heavy atom. The minimum Gasteiger partial charge on any atom is -0.482 e. The number of aliphatic carboxylic acids is 1. The van der Waals surface area contributed by atoms with Crippen molar-refractivity contribution >= 4 is 16.7 Å². The number of ether oxygens (including phenoxy) is 1. The van der Waals surface area contributed by atoms with Crippen LogP contribution in [0.2, 0.25) is 0 Å². The van der Waals surface area contributed by atoms with Crippen LogP contribution in [0.1, 0.15) is 49.3 Å². The molecule has 3 aromatic rings. The lowest BCUT2D eigenvalue weighted by Crippen LogP contribution is -2.29. The Kier molecular flexibility index (Phi) is 6.00. The van der Waals surface area contributed by atoms with Crippen LogP contribution in [-0.2, 0) is 4.79 Å². The first-order valence-corrected chi connectivity index (χ1v) is 10.4. The van der Waals surface area contributed by atoms with Crippen molar-refractivity contribution in [1.29, 1.82) is 0 Å². The fraction of sp³-hybridized carbons (Fsp3) is 0.320. The van der Waals surface area contributed by atoms with Crippen molar-refractivity contribution in [3.63, 3.8) is 0 Å². The third-order valence-corrected chi connectivity index (χ3v) is 6.00. The Morgan fingerprint density at radius 1 is 1.10 bits per heavy atom. The van der Waals surface area contributed by atoms with E-state index in [4.69, 9.17) is 9.84 Å². The van der Waals surface area contributed by atoms with Gasteiger partial charge in [0.2, 0.25) is 0 Å². The van der Waals surface area contributed by atoms with Crippen LogP contribution in [-0.4, -0.2) is 23.7 Å². The molecule has 1 saturated carbocycles. The van der Waals surface area contributed by atoms with Crippen LogP contribution in [0.15, 0.2) is 60.7 Å². The highest BCUT2D eigenvalue weighted by molar-refractivity contribution is 5.86. The molecule has 3 aromatic carbocycles. The molecule has 0 radical (unpaired) electrons. The molecule has 0 unspecified atom stereocenters. The minimum atomic E-state index is -0.980. The molecule has 0 spiro atoms. The van der Waals surface area contributed by atoms with E-state index in [-0.39, 0.29) is 18.5 Å². The van der Waals surface area contributed by atoms with Gasteiger partial charge < -0.3 is 15.2 Å². The smallest absolute Gasteiger partial charge is 0.341 e. The van der Waals surface area contributed by atoms with Crippen LogP contribution in [0, 0.1) is 5.82 Å². The van der Waals surface area contributed by atoms with E-state index < -0.39 is 5.97 Å². The highest BCUT2D eigenvalue weighted by Gasteiger charge is 2.27. The number of carbonyl (C=O) groups is 1. The van der Waals surface area contributed by atoms with E-state index in [9.17, 15) is 9.18 Å². The van der Waals surface area contributed by atoms with Gasteiger partial charge in [-0.05, 0) is 66.8 Å². The van der Waals surface area contributed by atoms with Crippen molar-refractivity contribution in [2.75, 3.05) is 6.61 Å². The summed E-state index contributed by atoms with van der Waals surface area (Å²) in [6, 6.07) is 19.3. The van der Waals surface area contributed by atoms with Crippen molar-refractivity contribution in [2.45, 2.75) is 44.2 Å². The van der Waals surface area contributed by atoms with Crippen LogP contribution in [0.4, 0.5) is 4.39 Å². The van der Waals surface area contributed by atoms with Gasteiger partial charge in [-0.1, -0.05) is 42.5 Å². The van der Waals surface area contributed by atoms with Gasteiger partial charge in [0.05, 0.1) is 0 Å². The first-order valence-electron chi connectivity index (χ1n) is 10.4. The standard InChI is InChI=1S/C25H26FNO3/c1-16(21-12-13-24(26)23-5-3-2-4-22(21)23)27-19-9-6-18(14-19)17-7-10-20(11-8-17)30-15-25(28)29/h2-5,7-8,10-13,16,18-19,27H,6,9,14-15H2,1H3,(H,28,29)/t16-,18+,19+/m1/s1. The monoisotopic (exact) mass is 407 g/mol. The van der Waals surface area contributed by atoms with Crippen LogP contribution in [0.25, 0.3) is 10.8 Å². The van der Waals surface area contributed by atoms with Crippen LogP contribution in [0.5, 0.6) is 5.75 Å². The lowest BCUT2D eigenvalue weighted by atomic mass is 9.96. The summed E-state index contributed by atoms with van der Waals surface area (Å²) in [5, 5.41) is 14.1. The van der Waals surface area contributed by atoms with E-state index in [0.717, 1.165) is 30.2 Å². The summed E-state index contributed by atoms with van der Waals surface area (Å²) in [6.07, 6.45) is 3.23. The molecular formula is C25H26FNO3. The molecule has 156 valence electrons. The van der Waals surface area contributed by atoms with Crippen LogP contribution < -0.4 is 10.1 Å². The zero-order valence-electron chi connectivity index (χ0n) is 17.0. The Hall–Kier alpha value is -2.92. The molecule has 0 amide bonds. The molecule has 0 saturated heterocycles. The molecule has 5 heteroatoms. The summed E-state index contributed by atoms with van der Waals surface area (Å²) in [5.74, 6) is -0.121. The van der Waals surface area contributed by atoms with E-state index in [1.54, 1.807) is 6.07 Å². The summed E-state index contributed by atoms with van der Waals surface area (Å²) in [7, 11) is 0. The van der Waals surface area contributed by atoms with Gasteiger partial charge in [-0.15, -0.1) is 0 Å². The molecule has 30 heavy (non-hydrogen) atoms. The van der Waals surface area contributed by atoms with Gasteiger partial charge in [0.1, 0.15) is 11.6 Å². The molecule has 4 rings (SSSR count). The van der Waals surface area contributed by atoms with Crippen LogP contribution in [0.3, 0.4) is 0 Å². The molecule has 1 aliphatic rings.